The Balaban J connectivity index is 1.83. The molecule has 0 radical (unpaired) electrons. The Hall–Kier alpha value is -2.69. The standard InChI is InChI=1S/C22H14Br3NO6/c23-14-3-1-13(2-4-14)21(30)16-9-15(5-6-19(16)27)32-22-17(24)7-12(8-18(22)25)10-26-31-11-20(28)29/h1-10,27H,11H2,(H,28,29)/b26-10+. The molecule has 10 heteroatoms. The first-order valence-electron chi connectivity index (χ1n) is 8.92. The van der Waals surface area contributed by atoms with Gasteiger partial charge in [0.05, 0.1) is 20.7 Å². The first-order valence-corrected chi connectivity index (χ1v) is 11.3. The van der Waals surface area contributed by atoms with Crippen LogP contribution in [-0.2, 0) is 9.63 Å². The highest BCUT2D eigenvalue weighted by molar-refractivity contribution is 9.11. The number of hydrogen-bond acceptors (Lipinski definition) is 6. The molecule has 164 valence electrons. The number of rotatable bonds is 8. The average Bonchev–Trinajstić information content (AvgIpc) is 2.75. The smallest absolute Gasteiger partial charge is 0.344 e. The zero-order chi connectivity index (χ0) is 23.3. The molecule has 2 N–H and O–H groups in total. The van der Waals surface area contributed by atoms with Crippen molar-refractivity contribution in [2.24, 2.45) is 5.16 Å². The van der Waals surface area contributed by atoms with Gasteiger partial charge < -0.3 is 19.8 Å². The molecule has 0 aliphatic rings. The van der Waals surface area contributed by atoms with Crippen molar-refractivity contribution in [3.8, 4) is 17.2 Å². The quantitative estimate of drug-likeness (QED) is 0.177. The molecular formula is C22H14Br3NO6. The third-order valence-electron chi connectivity index (χ3n) is 4.02. The monoisotopic (exact) mass is 625 g/mol. The number of carboxylic acid groups (broad SMARTS) is 1. The lowest BCUT2D eigenvalue weighted by molar-refractivity contribution is -0.142. The predicted molar refractivity (Wildman–Crippen MR) is 129 cm³/mol. The van der Waals surface area contributed by atoms with Gasteiger partial charge in [-0.15, -0.1) is 0 Å². The van der Waals surface area contributed by atoms with E-state index in [1.165, 1.54) is 18.3 Å². The van der Waals surface area contributed by atoms with E-state index in [-0.39, 0.29) is 17.1 Å². The van der Waals surface area contributed by atoms with Gasteiger partial charge in [0.2, 0.25) is 6.61 Å². The molecule has 0 aliphatic heterocycles. The highest BCUT2D eigenvalue weighted by atomic mass is 79.9. The number of hydrogen-bond donors (Lipinski definition) is 2. The van der Waals surface area contributed by atoms with Crippen LogP contribution in [0.3, 0.4) is 0 Å². The third-order valence-corrected chi connectivity index (χ3v) is 5.73. The number of ketones is 1. The Bertz CT molecular complexity index is 1170. The molecule has 32 heavy (non-hydrogen) atoms. The number of nitrogens with zero attached hydrogens (tertiary/aromatic N) is 1. The number of oxime groups is 1. The Morgan fingerprint density at radius 2 is 1.62 bits per heavy atom. The highest BCUT2D eigenvalue weighted by Gasteiger charge is 2.17. The van der Waals surface area contributed by atoms with Gasteiger partial charge in [-0.1, -0.05) is 21.1 Å². The summed E-state index contributed by atoms with van der Waals surface area (Å²) in [6.07, 6.45) is 1.36. The first kappa shape index (κ1) is 24.0. The van der Waals surface area contributed by atoms with Crippen molar-refractivity contribution in [1.82, 2.24) is 0 Å². The predicted octanol–water partition coefficient (Wildman–Crippen LogP) is 6.14. The number of halogens is 3. The summed E-state index contributed by atoms with van der Waals surface area (Å²) in [4.78, 5) is 27.9. The summed E-state index contributed by atoms with van der Waals surface area (Å²) in [5.74, 6) is -0.847. The molecule has 3 aromatic carbocycles. The number of aromatic hydroxyl groups is 1. The minimum atomic E-state index is -1.12. The van der Waals surface area contributed by atoms with Crippen molar-refractivity contribution >= 4 is 65.8 Å². The second-order valence-electron chi connectivity index (χ2n) is 6.33. The Labute approximate surface area is 208 Å². The van der Waals surface area contributed by atoms with Crippen LogP contribution in [-0.4, -0.2) is 34.8 Å². The van der Waals surface area contributed by atoms with E-state index in [1.807, 2.05) is 0 Å². The molecule has 0 atom stereocenters. The molecule has 0 unspecified atom stereocenters. The normalized spacial score (nSPS) is 10.8. The van der Waals surface area contributed by atoms with Gasteiger partial charge >= 0.3 is 5.97 Å². The second kappa shape index (κ2) is 10.8. The average molecular weight is 628 g/mol. The van der Waals surface area contributed by atoms with Crippen LogP contribution in [0.2, 0.25) is 0 Å². The maximum Gasteiger partial charge on any atom is 0.344 e. The molecule has 0 bridgehead atoms. The van der Waals surface area contributed by atoms with Crippen LogP contribution in [0.5, 0.6) is 17.2 Å². The molecular weight excluding hydrogens is 614 g/mol. The number of carboxylic acids is 1. The Morgan fingerprint density at radius 3 is 2.25 bits per heavy atom. The molecule has 0 fully saturated rings. The van der Waals surface area contributed by atoms with E-state index in [2.05, 4.69) is 57.8 Å². The van der Waals surface area contributed by atoms with Gasteiger partial charge in [0.15, 0.2) is 11.5 Å². The number of phenolic OH excluding ortho intramolecular Hbond substituents is 1. The van der Waals surface area contributed by atoms with Gasteiger partial charge in [-0.05, 0) is 92.0 Å². The zero-order valence-electron chi connectivity index (χ0n) is 16.1. The van der Waals surface area contributed by atoms with Crippen molar-refractivity contribution in [2.45, 2.75) is 0 Å². The van der Waals surface area contributed by atoms with Crippen LogP contribution < -0.4 is 4.74 Å². The maximum absolute atomic E-state index is 12.8. The number of aliphatic carboxylic acids is 1. The zero-order valence-corrected chi connectivity index (χ0v) is 20.8. The second-order valence-corrected chi connectivity index (χ2v) is 8.96. The summed E-state index contributed by atoms with van der Waals surface area (Å²) < 4.78 is 7.91. The molecule has 3 rings (SSSR count). The lowest BCUT2D eigenvalue weighted by Gasteiger charge is -2.12. The van der Waals surface area contributed by atoms with Gasteiger partial charge in [0, 0.05) is 10.0 Å². The molecule has 0 saturated heterocycles. The molecule has 0 saturated carbocycles. The van der Waals surface area contributed by atoms with Crippen molar-refractivity contribution < 1.29 is 29.4 Å². The van der Waals surface area contributed by atoms with E-state index in [0.29, 0.717) is 31.6 Å². The van der Waals surface area contributed by atoms with Crippen LogP contribution in [0, 0.1) is 0 Å². The van der Waals surface area contributed by atoms with Gasteiger partial charge in [-0.2, -0.15) is 0 Å². The van der Waals surface area contributed by atoms with Crippen molar-refractivity contribution in [3.63, 3.8) is 0 Å². The summed E-state index contributed by atoms with van der Waals surface area (Å²) in [7, 11) is 0. The van der Waals surface area contributed by atoms with Gasteiger partial charge in [-0.3, -0.25) is 4.79 Å². The number of ether oxygens (including phenoxy) is 1. The van der Waals surface area contributed by atoms with Crippen LogP contribution in [0.25, 0.3) is 0 Å². The molecule has 7 nitrogen and oxygen atoms in total. The minimum Gasteiger partial charge on any atom is -0.507 e. The van der Waals surface area contributed by atoms with E-state index in [0.717, 1.165) is 4.47 Å². The Kier molecular flexibility index (Phi) is 8.05. The summed E-state index contributed by atoms with van der Waals surface area (Å²) in [6, 6.07) is 14.6. The van der Waals surface area contributed by atoms with Crippen molar-refractivity contribution in [2.75, 3.05) is 6.61 Å². The maximum atomic E-state index is 12.8. The van der Waals surface area contributed by atoms with Crippen LogP contribution in [0.4, 0.5) is 0 Å². The minimum absolute atomic E-state index is 0.108. The largest absolute Gasteiger partial charge is 0.507 e. The van der Waals surface area contributed by atoms with Gasteiger partial charge in [0.25, 0.3) is 0 Å². The molecule has 3 aromatic rings. The lowest BCUT2D eigenvalue weighted by atomic mass is 10.0. The summed E-state index contributed by atoms with van der Waals surface area (Å²) in [5.41, 5.74) is 1.16. The van der Waals surface area contributed by atoms with E-state index in [9.17, 15) is 14.7 Å². The SMILES string of the molecule is O=C(O)CO/N=C/c1cc(Br)c(Oc2ccc(O)c(C(=O)c3ccc(Br)cc3)c2)c(Br)c1. The fourth-order valence-electron chi connectivity index (χ4n) is 2.58. The number of carbonyl (C=O) groups is 2. The van der Waals surface area contributed by atoms with E-state index in [1.54, 1.807) is 42.5 Å². The topological polar surface area (TPSA) is 105 Å². The first-order chi connectivity index (χ1) is 15.2. The fraction of sp³-hybridized carbons (Fsp3) is 0.0455. The number of phenols is 1. The van der Waals surface area contributed by atoms with Crippen LogP contribution in [0.1, 0.15) is 21.5 Å². The molecule has 0 spiro atoms. The highest BCUT2D eigenvalue weighted by Crippen LogP contribution is 2.38. The van der Waals surface area contributed by atoms with E-state index >= 15 is 0 Å². The van der Waals surface area contributed by atoms with Crippen LogP contribution >= 0.6 is 47.8 Å². The lowest BCUT2D eigenvalue weighted by Crippen LogP contribution is -2.03. The molecule has 0 aromatic heterocycles. The van der Waals surface area contributed by atoms with Crippen LogP contribution in [0.15, 0.2) is 73.2 Å². The third kappa shape index (κ3) is 6.18. The fourth-order valence-corrected chi connectivity index (χ4v) is 4.23. The van der Waals surface area contributed by atoms with Gasteiger partial charge in [-0.25, -0.2) is 4.79 Å². The van der Waals surface area contributed by atoms with Crippen molar-refractivity contribution in [1.29, 1.82) is 0 Å². The summed E-state index contributed by atoms with van der Waals surface area (Å²) in [6.45, 7) is -0.539. The number of carbonyl (C=O) groups excluding carboxylic acids is 1. The summed E-state index contributed by atoms with van der Waals surface area (Å²) in [5, 5.41) is 22.4. The molecule has 0 amide bonds. The molecule has 0 heterocycles. The van der Waals surface area contributed by atoms with E-state index < -0.39 is 12.6 Å². The van der Waals surface area contributed by atoms with E-state index in [4.69, 9.17) is 9.84 Å². The van der Waals surface area contributed by atoms with Gasteiger partial charge in [0.1, 0.15) is 11.5 Å². The number of benzene rings is 3. The Morgan fingerprint density at radius 1 is 0.969 bits per heavy atom. The van der Waals surface area contributed by atoms with Crippen molar-refractivity contribution in [3.05, 3.63) is 84.7 Å². The summed E-state index contributed by atoms with van der Waals surface area (Å²) >= 11 is 10.2. The molecule has 0 aliphatic carbocycles.